The van der Waals surface area contributed by atoms with Gasteiger partial charge in [-0.25, -0.2) is 9.37 Å². The van der Waals surface area contributed by atoms with Gasteiger partial charge in [0.2, 0.25) is 5.91 Å². The molecule has 0 spiro atoms. The van der Waals surface area contributed by atoms with E-state index in [0.29, 0.717) is 37.7 Å². The molecule has 0 radical (unpaired) electrons. The Labute approximate surface area is 181 Å². The first-order chi connectivity index (χ1) is 15.1. The predicted octanol–water partition coefficient (Wildman–Crippen LogP) is 3.64. The Balaban J connectivity index is 1.33. The van der Waals surface area contributed by atoms with Crippen LogP contribution in [-0.4, -0.2) is 52.4 Å². The van der Waals surface area contributed by atoms with Crippen LogP contribution in [0.15, 0.2) is 59.4 Å². The number of aromatic nitrogens is 2. The van der Waals surface area contributed by atoms with Gasteiger partial charge in [-0.2, -0.15) is 0 Å². The maximum Gasteiger partial charge on any atom is 0.236 e. The molecule has 1 unspecified atom stereocenters. The first-order valence-corrected chi connectivity index (χ1v) is 10.6. The third kappa shape index (κ3) is 5.76. The van der Waals surface area contributed by atoms with Gasteiger partial charge >= 0.3 is 0 Å². The molecule has 2 aromatic heterocycles. The number of rotatable bonds is 7. The fraction of sp³-hybridized carbons (Fsp3) is 0.375. The lowest BCUT2D eigenvalue weighted by atomic mass is 9.98. The molecule has 0 bridgehead atoms. The van der Waals surface area contributed by atoms with Crippen molar-refractivity contribution >= 4 is 5.91 Å². The standard InChI is InChI=1S/C24H27FN4O2/c1-28(15-19-6-3-9-26-13-19)17-23(30)29-10-4-7-20(16-29)24-27-14-22(31-24)12-18-5-2-8-21(25)11-18/h2-3,5-6,8-9,11,13-14,20H,4,7,10,12,15-17H2,1H3. The van der Waals surface area contributed by atoms with E-state index < -0.39 is 0 Å². The van der Waals surface area contributed by atoms with E-state index in [1.54, 1.807) is 18.5 Å². The number of pyridine rings is 1. The van der Waals surface area contributed by atoms with E-state index in [2.05, 4.69) is 9.97 Å². The lowest BCUT2D eigenvalue weighted by Crippen LogP contribution is -2.43. The number of oxazole rings is 1. The van der Waals surface area contributed by atoms with Gasteiger partial charge < -0.3 is 9.32 Å². The molecular weight excluding hydrogens is 395 g/mol. The van der Waals surface area contributed by atoms with E-state index >= 15 is 0 Å². The van der Waals surface area contributed by atoms with Gasteiger partial charge in [0.1, 0.15) is 11.6 Å². The highest BCUT2D eigenvalue weighted by Crippen LogP contribution is 2.27. The molecule has 1 atom stereocenters. The average molecular weight is 423 g/mol. The van der Waals surface area contributed by atoms with Gasteiger partial charge in [-0.05, 0) is 49.2 Å². The van der Waals surface area contributed by atoms with E-state index in [1.807, 2.05) is 41.2 Å². The zero-order chi connectivity index (χ0) is 21.6. The molecule has 1 saturated heterocycles. The van der Waals surface area contributed by atoms with Crippen LogP contribution < -0.4 is 0 Å². The van der Waals surface area contributed by atoms with Crippen LogP contribution in [0.3, 0.4) is 0 Å². The predicted molar refractivity (Wildman–Crippen MR) is 115 cm³/mol. The number of hydrogen-bond donors (Lipinski definition) is 0. The number of benzene rings is 1. The number of likely N-dealkylation sites (N-methyl/N-ethyl adjacent to an activating group) is 1. The smallest absolute Gasteiger partial charge is 0.236 e. The monoisotopic (exact) mass is 422 g/mol. The van der Waals surface area contributed by atoms with Crippen LogP contribution in [0.5, 0.6) is 0 Å². The summed E-state index contributed by atoms with van der Waals surface area (Å²) in [5.41, 5.74) is 1.93. The van der Waals surface area contributed by atoms with Gasteiger partial charge in [0.05, 0.1) is 18.7 Å². The van der Waals surface area contributed by atoms with Crippen LogP contribution >= 0.6 is 0 Å². The van der Waals surface area contributed by atoms with Crippen molar-refractivity contribution < 1.29 is 13.6 Å². The number of likely N-dealkylation sites (tertiary alicyclic amines) is 1. The van der Waals surface area contributed by atoms with Crippen molar-refractivity contribution in [2.75, 3.05) is 26.7 Å². The summed E-state index contributed by atoms with van der Waals surface area (Å²) < 4.78 is 19.4. The summed E-state index contributed by atoms with van der Waals surface area (Å²) in [4.78, 5) is 25.3. The van der Waals surface area contributed by atoms with Gasteiger partial charge in [0.25, 0.3) is 0 Å². The van der Waals surface area contributed by atoms with E-state index in [4.69, 9.17) is 4.42 Å². The summed E-state index contributed by atoms with van der Waals surface area (Å²) in [5.74, 6) is 1.31. The van der Waals surface area contributed by atoms with Gasteiger partial charge in [0.15, 0.2) is 5.89 Å². The second-order valence-electron chi connectivity index (χ2n) is 8.18. The van der Waals surface area contributed by atoms with Crippen molar-refractivity contribution in [1.29, 1.82) is 0 Å². The third-order valence-electron chi connectivity index (χ3n) is 5.54. The number of hydrogen-bond acceptors (Lipinski definition) is 5. The Bertz CT molecular complexity index is 1010. The molecule has 0 N–H and O–H groups in total. The summed E-state index contributed by atoms with van der Waals surface area (Å²) in [6.07, 6.45) is 7.64. The Hall–Kier alpha value is -3.06. The van der Waals surface area contributed by atoms with Gasteiger partial charge in [0, 0.05) is 38.4 Å². The van der Waals surface area contributed by atoms with Crippen molar-refractivity contribution in [3.63, 3.8) is 0 Å². The number of carbonyl (C=O) groups is 1. The van der Waals surface area contributed by atoms with E-state index in [-0.39, 0.29) is 17.6 Å². The molecule has 3 aromatic rings. The molecule has 162 valence electrons. The highest BCUT2D eigenvalue weighted by atomic mass is 19.1. The number of nitrogens with zero attached hydrogens (tertiary/aromatic N) is 4. The van der Waals surface area contributed by atoms with Crippen LogP contribution in [0.1, 0.15) is 41.5 Å². The zero-order valence-corrected chi connectivity index (χ0v) is 17.7. The average Bonchev–Trinajstić information content (AvgIpc) is 3.23. The summed E-state index contributed by atoms with van der Waals surface area (Å²) in [6, 6.07) is 10.4. The Morgan fingerprint density at radius 2 is 2.13 bits per heavy atom. The van der Waals surface area contributed by atoms with E-state index in [0.717, 1.165) is 30.5 Å². The Morgan fingerprint density at radius 1 is 1.26 bits per heavy atom. The van der Waals surface area contributed by atoms with Crippen molar-refractivity contribution in [3.05, 3.63) is 83.6 Å². The molecule has 4 rings (SSSR count). The molecule has 0 saturated carbocycles. The molecule has 1 aliphatic heterocycles. The summed E-state index contributed by atoms with van der Waals surface area (Å²) >= 11 is 0. The minimum absolute atomic E-state index is 0.0857. The summed E-state index contributed by atoms with van der Waals surface area (Å²) in [7, 11) is 1.94. The Kier molecular flexibility index (Phi) is 6.72. The molecule has 1 aromatic carbocycles. The van der Waals surface area contributed by atoms with Crippen LogP contribution in [-0.2, 0) is 17.8 Å². The first kappa shape index (κ1) is 21.2. The van der Waals surface area contributed by atoms with Gasteiger partial charge in [-0.3, -0.25) is 14.7 Å². The fourth-order valence-corrected chi connectivity index (χ4v) is 4.04. The second kappa shape index (κ2) is 9.83. The summed E-state index contributed by atoms with van der Waals surface area (Å²) in [6.45, 7) is 2.41. The number of amides is 1. The molecule has 31 heavy (non-hydrogen) atoms. The van der Waals surface area contributed by atoms with Crippen LogP contribution in [0.25, 0.3) is 0 Å². The van der Waals surface area contributed by atoms with Gasteiger partial charge in [-0.1, -0.05) is 18.2 Å². The fourth-order valence-electron chi connectivity index (χ4n) is 4.04. The highest BCUT2D eigenvalue weighted by Gasteiger charge is 2.28. The van der Waals surface area contributed by atoms with Crippen molar-refractivity contribution in [2.24, 2.45) is 0 Å². The second-order valence-corrected chi connectivity index (χ2v) is 8.18. The van der Waals surface area contributed by atoms with Crippen molar-refractivity contribution in [3.8, 4) is 0 Å². The minimum atomic E-state index is -0.257. The summed E-state index contributed by atoms with van der Waals surface area (Å²) in [5, 5.41) is 0. The molecule has 1 amide bonds. The van der Waals surface area contributed by atoms with Crippen LogP contribution in [0.2, 0.25) is 0 Å². The number of carbonyl (C=O) groups excluding carboxylic acids is 1. The topological polar surface area (TPSA) is 62.5 Å². The minimum Gasteiger partial charge on any atom is -0.445 e. The maximum atomic E-state index is 13.4. The quantitative estimate of drug-likeness (QED) is 0.582. The zero-order valence-electron chi connectivity index (χ0n) is 17.7. The van der Waals surface area contributed by atoms with E-state index in [1.165, 1.54) is 12.1 Å². The molecule has 3 heterocycles. The van der Waals surface area contributed by atoms with Gasteiger partial charge in [-0.15, -0.1) is 0 Å². The Morgan fingerprint density at radius 3 is 2.94 bits per heavy atom. The molecule has 1 aliphatic rings. The van der Waals surface area contributed by atoms with Crippen LogP contribution in [0.4, 0.5) is 4.39 Å². The highest BCUT2D eigenvalue weighted by molar-refractivity contribution is 5.78. The molecule has 0 aliphatic carbocycles. The van der Waals surface area contributed by atoms with E-state index in [9.17, 15) is 9.18 Å². The molecular formula is C24H27FN4O2. The normalized spacial score (nSPS) is 16.6. The lowest BCUT2D eigenvalue weighted by molar-refractivity contribution is -0.133. The van der Waals surface area contributed by atoms with Crippen LogP contribution in [0, 0.1) is 5.82 Å². The third-order valence-corrected chi connectivity index (χ3v) is 5.54. The van der Waals surface area contributed by atoms with Crippen molar-refractivity contribution in [2.45, 2.75) is 31.7 Å². The molecule has 7 heteroatoms. The number of piperidine rings is 1. The first-order valence-electron chi connectivity index (χ1n) is 10.6. The SMILES string of the molecule is CN(CC(=O)N1CCCC(c2ncc(Cc3cccc(F)c3)o2)C1)Cc1cccnc1. The lowest BCUT2D eigenvalue weighted by Gasteiger charge is -2.32. The largest absolute Gasteiger partial charge is 0.445 e. The van der Waals surface area contributed by atoms with Crippen molar-refractivity contribution in [1.82, 2.24) is 19.8 Å². The maximum absolute atomic E-state index is 13.4. The number of halogens is 1. The molecule has 1 fully saturated rings. The molecule has 6 nitrogen and oxygen atoms in total.